The molecule has 1 amide bonds. The monoisotopic (exact) mass is 264 g/mol. The molecule has 5 heteroatoms. The molecule has 0 aromatic heterocycles. The minimum absolute atomic E-state index is 0.0267. The number of nitrogens with two attached hydrogens (primary N) is 1. The number of amides is 1. The predicted octanol–water partition coefficient (Wildman–Crippen LogP) is 1.21. The second-order valence-corrected chi connectivity index (χ2v) is 4.95. The van der Waals surface area contributed by atoms with Crippen molar-refractivity contribution in [3.8, 4) is 11.5 Å². The maximum absolute atomic E-state index is 12.5. The van der Waals surface area contributed by atoms with E-state index in [0.29, 0.717) is 24.8 Å². The van der Waals surface area contributed by atoms with E-state index in [2.05, 4.69) is 6.92 Å². The number of aromatic hydroxyl groups is 1. The van der Waals surface area contributed by atoms with Crippen molar-refractivity contribution < 1.29 is 14.6 Å². The largest absolute Gasteiger partial charge is 0.507 e. The van der Waals surface area contributed by atoms with Gasteiger partial charge >= 0.3 is 0 Å². The van der Waals surface area contributed by atoms with Crippen molar-refractivity contribution in [2.24, 2.45) is 11.7 Å². The number of nitrogens with zero attached hydrogens (tertiary/aromatic N) is 1. The van der Waals surface area contributed by atoms with Crippen LogP contribution in [0, 0.1) is 5.92 Å². The van der Waals surface area contributed by atoms with Gasteiger partial charge in [0.05, 0.1) is 12.7 Å². The highest BCUT2D eigenvalue weighted by atomic mass is 16.5. The van der Waals surface area contributed by atoms with Crippen LogP contribution in [-0.2, 0) is 0 Å². The Balaban J connectivity index is 2.29. The Labute approximate surface area is 113 Å². The highest BCUT2D eigenvalue weighted by Crippen LogP contribution is 2.29. The number of methoxy groups -OCH3 is 1. The van der Waals surface area contributed by atoms with Crippen LogP contribution in [0.2, 0.25) is 0 Å². The Kier molecular flexibility index (Phi) is 3.95. The van der Waals surface area contributed by atoms with Crippen LogP contribution in [0.25, 0.3) is 0 Å². The molecule has 0 bridgehead atoms. The van der Waals surface area contributed by atoms with Crippen molar-refractivity contribution in [1.82, 2.24) is 4.90 Å². The number of rotatable bonds is 3. The Morgan fingerprint density at radius 1 is 1.58 bits per heavy atom. The first-order valence-corrected chi connectivity index (χ1v) is 6.46. The van der Waals surface area contributed by atoms with Gasteiger partial charge in [0.25, 0.3) is 5.91 Å². The van der Waals surface area contributed by atoms with E-state index < -0.39 is 0 Å². The van der Waals surface area contributed by atoms with Crippen LogP contribution < -0.4 is 10.5 Å². The van der Waals surface area contributed by atoms with Crippen LogP contribution in [0.5, 0.6) is 11.5 Å². The zero-order valence-corrected chi connectivity index (χ0v) is 11.3. The van der Waals surface area contributed by atoms with Crippen molar-refractivity contribution in [3.63, 3.8) is 0 Å². The quantitative estimate of drug-likeness (QED) is 0.860. The second kappa shape index (κ2) is 5.48. The topological polar surface area (TPSA) is 75.8 Å². The smallest absolute Gasteiger partial charge is 0.258 e. The van der Waals surface area contributed by atoms with Gasteiger partial charge in [0.2, 0.25) is 0 Å². The number of benzene rings is 1. The molecule has 1 heterocycles. The van der Waals surface area contributed by atoms with Crippen molar-refractivity contribution in [2.75, 3.05) is 20.2 Å². The lowest BCUT2D eigenvalue weighted by atomic mass is 10.0. The lowest BCUT2D eigenvalue weighted by Gasteiger charge is -2.26. The van der Waals surface area contributed by atoms with Gasteiger partial charge in [-0.3, -0.25) is 4.79 Å². The summed E-state index contributed by atoms with van der Waals surface area (Å²) in [4.78, 5) is 14.3. The van der Waals surface area contributed by atoms with Gasteiger partial charge in [0.15, 0.2) is 0 Å². The van der Waals surface area contributed by atoms with Crippen LogP contribution >= 0.6 is 0 Å². The second-order valence-electron chi connectivity index (χ2n) is 4.95. The fourth-order valence-corrected chi connectivity index (χ4v) is 2.59. The third-order valence-electron chi connectivity index (χ3n) is 3.82. The van der Waals surface area contributed by atoms with E-state index >= 15 is 0 Å². The maximum Gasteiger partial charge on any atom is 0.258 e. The van der Waals surface area contributed by atoms with Crippen LogP contribution in [0.3, 0.4) is 0 Å². The summed E-state index contributed by atoms with van der Waals surface area (Å²) < 4.78 is 5.09. The van der Waals surface area contributed by atoms with E-state index in [1.54, 1.807) is 17.0 Å². The van der Waals surface area contributed by atoms with Gasteiger partial charge in [-0.1, -0.05) is 6.92 Å². The van der Waals surface area contributed by atoms with Crippen molar-refractivity contribution >= 4 is 5.91 Å². The highest BCUT2D eigenvalue weighted by molar-refractivity contribution is 5.97. The molecule has 104 valence electrons. The summed E-state index contributed by atoms with van der Waals surface area (Å²) in [5.41, 5.74) is 6.01. The number of hydrogen-bond donors (Lipinski definition) is 2. The Bertz CT molecular complexity index is 476. The summed E-state index contributed by atoms with van der Waals surface area (Å²) in [6.07, 6.45) is 0.943. The zero-order chi connectivity index (χ0) is 14.0. The first-order valence-electron chi connectivity index (χ1n) is 6.46. The minimum atomic E-state index is -0.184. The molecule has 19 heavy (non-hydrogen) atoms. The lowest BCUT2D eigenvalue weighted by Crippen LogP contribution is -2.42. The van der Waals surface area contributed by atoms with Crippen molar-refractivity contribution in [2.45, 2.75) is 19.4 Å². The molecule has 1 aliphatic heterocycles. The van der Waals surface area contributed by atoms with E-state index in [1.165, 1.54) is 13.2 Å². The molecule has 1 aromatic carbocycles. The Hall–Kier alpha value is -1.75. The molecule has 0 saturated carbocycles. The molecule has 0 radical (unpaired) electrons. The SMILES string of the molecule is COc1ccc(O)c(C(=O)N2CCC(C)C2CN)c1. The standard InChI is InChI=1S/C14H20N2O3/c1-9-5-6-16(12(9)8-15)14(18)11-7-10(19-2)3-4-13(11)17/h3-4,7,9,12,17H,5-6,8,15H2,1-2H3. The van der Waals surface area contributed by atoms with Crippen molar-refractivity contribution in [3.05, 3.63) is 23.8 Å². The molecule has 1 fully saturated rings. The van der Waals surface area contributed by atoms with E-state index in [4.69, 9.17) is 10.5 Å². The molecular weight excluding hydrogens is 244 g/mol. The zero-order valence-electron chi connectivity index (χ0n) is 11.3. The molecule has 2 rings (SSSR count). The van der Waals surface area contributed by atoms with Gasteiger partial charge in [-0.2, -0.15) is 0 Å². The number of phenols is 1. The normalized spacial score (nSPS) is 22.6. The fraction of sp³-hybridized carbons (Fsp3) is 0.500. The van der Waals surface area contributed by atoms with Crippen LogP contribution in [-0.4, -0.2) is 42.2 Å². The molecule has 1 saturated heterocycles. The minimum Gasteiger partial charge on any atom is -0.507 e. The summed E-state index contributed by atoms with van der Waals surface area (Å²) in [5.74, 6) is 0.733. The van der Waals surface area contributed by atoms with E-state index in [-0.39, 0.29) is 23.3 Å². The van der Waals surface area contributed by atoms with Gasteiger partial charge in [-0.15, -0.1) is 0 Å². The summed E-state index contributed by atoms with van der Waals surface area (Å²) in [6.45, 7) is 3.21. The van der Waals surface area contributed by atoms with Gasteiger partial charge in [0.1, 0.15) is 11.5 Å². The van der Waals surface area contributed by atoms with Gasteiger partial charge in [-0.05, 0) is 30.5 Å². The van der Waals surface area contributed by atoms with Gasteiger partial charge in [-0.25, -0.2) is 0 Å². The Morgan fingerprint density at radius 3 is 2.95 bits per heavy atom. The molecule has 3 N–H and O–H groups in total. The molecule has 1 aromatic rings. The van der Waals surface area contributed by atoms with Crippen LogP contribution in [0.1, 0.15) is 23.7 Å². The fourth-order valence-electron chi connectivity index (χ4n) is 2.59. The van der Waals surface area contributed by atoms with Crippen LogP contribution in [0.4, 0.5) is 0 Å². The molecular formula is C14H20N2O3. The third-order valence-corrected chi connectivity index (χ3v) is 3.82. The summed E-state index contributed by atoms with van der Waals surface area (Å²) in [6, 6.07) is 4.70. The molecule has 2 unspecified atom stereocenters. The number of phenolic OH excluding ortho intramolecular Hbond substituents is 1. The summed E-state index contributed by atoms with van der Waals surface area (Å²) in [7, 11) is 1.53. The highest BCUT2D eigenvalue weighted by Gasteiger charge is 2.34. The van der Waals surface area contributed by atoms with Crippen molar-refractivity contribution in [1.29, 1.82) is 0 Å². The molecule has 2 atom stereocenters. The molecule has 5 nitrogen and oxygen atoms in total. The average molecular weight is 264 g/mol. The number of ether oxygens (including phenoxy) is 1. The van der Waals surface area contributed by atoms with Crippen LogP contribution in [0.15, 0.2) is 18.2 Å². The molecule has 0 aliphatic carbocycles. The van der Waals surface area contributed by atoms with Gasteiger partial charge < -0.3 is 20.5 Å². The summed E-state index contributed by atoms with van der Waals surface area (Å²) in [5, 5.41) is 9.85. The first kappa shape index (κ1) is 13.7. The van der Waals surface area contributed by atoms with E-state index in [0.717, 1.165) is 6.42 Å². The number of carbonyl (C=O) groups is 1. The van der Waals surface area contributed by atoms with Gasteiger partial charge in [0, 0.05) is 19.1 Å². The van der Waals surface area contributed by atoms with E-state index in [9.17, 15) is 9.90 Å². The predicted molar refractivity (Wildman–Crippen MR) is 72.3 cm³/mol. The average Bonchev–Trinajstić information content (AvgIpc) is 2.79. The summed E-state index contributed by atoms with van der Waals surface area (Å²) >= 11 is 0. The third kappa shape index (κ3) is 2.51. The lowest BCUT2D eigenvalue weighted by molar-refractivity contribution is 0.0724. The first-order chi connectivity index (χ1) is 9.08. The van der Waals surface area contributed by atoms with E-state index in [1.807, 2.05) is 0 Å². The number of carbonyl (C=O) groups excluding carboxylic acids is 1. The molecule has 0 spiro atoms. The number of hydrogen-bond acceptors (Lipinski definition) is 4. The maximum atomic E-state index is 12.5. The molecule has 1 aliphatic rings. The number of likely N-dealkylation sites (tertiary alicyclic amines) is 1. The Morgan fingerprint density at radius 2 is 2.32 bits per heavy atom.